The van der Waals surface area contributed by atoms with Crippen LogP contribution in [0.2, 0.25) is 0 Å². The van der Waals surface area contributed by atoms with Gasteiger partial charge in [-0.15, -0.1) is 0 Å². The zero-order valence-corrected chi connectivity index (χ0v) is 16.0. The summed E-state index contributed by atoms with van der Waals surface area (Å²) in [6.45, 7) is 7.61. The smallest absolute Gasteiger partial charge is 0.0590 e. The van der Waals surface area contributed by atoms with E-state index in [-0.39, 0.29) is 0 Å². The number of nitrogens with two attached hydrogens (primary N) is 1. The van der Waals surface area contributed by atoms with Crippen molar-refractivity contribution in [2.24, 2.45) is 0 Å². The van der Waals surface area contributed by atoms with Crippen molar-refractivity contribution in [3.63, 3.8) is 0 Å². The van der Waals surface area contributed by atoms with E-state index in [1.807, 2.05) is 6.07 Å². The minimum atomic E-state index is 0.488. The number of rotatable bonds is 6. The summed E-state index contributed by atoms with van der Waals surface area (Å²) >= 11 is 0. The SMILES string of the molecule is CCCOC1CCCC(N2CCC(Nc3cc(C)ccc3N)CC2)C1. The zero-order valence-electron chi connectivity index (χ0n) is 16.0. The number of benzene rings is 1. The molecule has 4 heteroatoms. The van der Waals surface area contributed by atoms with Crippen LogP contribution >= 0.6 is 0 Å². The van der Waals surface area contributed by atoms with E-state index in [2.05, 4.69) is 36.2 Å². The summed E-state index contributed by atoms with van der Waals surface area (Å²) in [5.74, 6) is 0. The highest BCUT2D eigenvalue weighted by Crippen LogP contribution is 2.29. The maximum absolute atomic E-state index is 6.12. The van der Waals surface area contributed by atoms with Crippen molar-refractivity contribution in [3.05, 3.63) is 23.8 Å². The lowest BCUT2D eigenvalue weighted by Crippen LogP contribution is -2.47. The first-order valence-corrected chi connectivity index (χ1v) is 10.1. The quantitative estimate of drug-likeness (QED) is 0.759. The fourth-order valence-electron chi connectivity index (χ4n) is 4.31. The molecule has 2 fully saturated rings. The molecule has 0 amide bonds. The molecular formula is C21H35N3O. The first kappa shape index (κ1) is 18.5. The van der Waals surface area contributed by atoms with Crippen LogP contribution in [0.5, 0.6) is 0 Å². The average Bonchev–Trinajstić information content (AvgIpc) is 2.64. The maximum Gasteiger partial charge on any atom is 0.0590 e. The molecule has 1 aromatic carbocycles. The van der Waals surface area contributed by atoms with Crippen LogP contribution in [0.4, 0.5) is 11.4 Å². The van der Waals surface area contributed by atoms with Crippen molar-refractivity contribution in [3.8, 4) is 0 Å². The highest BCUT2D eigenvalue weighted by Gasteiger charge is 2.30. The highest BCUT2D eigenvalue weighted by molar-refractivity contribution is 5.67. The summed E-state index contributed by atoms with van der Waals surface area (Å²) in [5.41, 5.74) is 9.34. The first-order chi connectivity index (χ1) is 12.2. The van der Waals surface area contributed by atoms with Crippen LogP contribution in [0.1, 0.15) is 57.4 Å². The molecule has 0 aromatic heterocycles. The molecule has 2 unspecified atom stereocenters. The number of nitrogen functional groups attached to an aromatic ring is 1. The van der Waals surface area contributed by atoms with E-state index in [4.69, 9.17) is 10.5 Å². The second-order valence-corrected chi connectivity index (χ2v) is 7.86. The second kappa shape index (κ2) is 8.91. The Morgan fingerprint density at radius 2 is 2.00 bits per heavy atom. The van der Waals surface area contributed by atoms with Gasteiger partial charge in [0.1, 0.15) is 0 Å². The van der Waals surface area contributed by atoms with Gasteiger partial charge >= 0.3 is 0 Å². The molecule has 2 atom stereocenters. The van der Waals surface area contributed by atoms with Gasteiger partial charge in [0, 0.05) is 31.8 Å². The third kappa shape index (κ3) is 5.11. The van der Waals surface area contributed by atoms with Crippen molar-refractivity contribution in [1.82, 2.24) is 4.90 Å². The molecule has 3 N–H and O–H groups in total. The van der Waals surface area contributed by atoms with Gasteiger partial charge in [0.05, 0.1) is 17.5 Å². The normalized spacial score (nSPS) is 25.8. The number of likely N-dealkylation sites (tertiary alicyclic amines) is 1. The van der Waals surface area contributed by atoms with E-state index in [9.17, 15) is 0 Å². The fourth-order valence-corrected chi connectivity index (χ4v) is 4.31. The molecule has 1 heterocycles. The molecular weight excluding hydrogens is 310 g/mol. The lowest BCUT2D eigenvalue weighted by Gasteiger charge is -2.41. The number of nitrogens with one attached hydrogen (secondary N) is 1. The Morgan fingerprint density at radius 3 is 2.76 bits per heavy atom. The molecule has 1 aromatic rings. The van der Waals surface area contributed by atoms with Gasteiger partial charge < -0.3 is 20.7 Å². The molecule has 1 aliphatic heterocycles. The fraction of sp³-hybridized carbons (Fsp3) is 0.714. The number of hydrogen-bond donors (Lipinski definition) is 2. The third-order valence-electron chi connectivity index (χ3n) is 5.77. The monoisotopic (exact) mass is 345 g/mol. The Hall–Kier alpha value is -1.26. The Kier molecular flexibility index (Phi) is 6.60. The highest BCUT2D eigenvalue weighted by atomic mass is 16.5. The summed E-state index contributed by atoms with van der Waals surface area (Å²) in [6, 6.07) is 7.50. The van der Waals surface area contributed by atoms with E-state index < -0.39 is 0 Å². The number of anilines is 2. The Labute approximate surface area is 153 Å². The maximum atomic E-state index is 6.12. The van der Waals surface area contributed by atoms with Crippen molar-refractivity contribution in [2.45, 2.75) is 77.0 Å². The van der Waals surface area contributed by atoms with Crippen molar-refractivity contribution in [1.29, 1.82) is 0 Å². The number of aryl methyl sites for hydroxylation is 1. The van der Waals surface area contributed by atoms with Gasteiger partial charge in [0.25, 0.3) is 0 Å². The molecule has 140 valence electrons. The molecule has 4 nitrogen and oxygen atoms in total. The summed E-state index contributed by atoms with van der Waals surface area (Å²) < 4.78 is 6.02. The number of hydrogen-bond acceptors (Lipinski definition) is 4. The predicted molar refractivity (Wildman–Crippen MR) is 106 cm³/mol. The summed E-state index contributed by atoms with van der Waals surface area (Å²) in [6.07, 6.45) is 9.15. The van der Waals surface area contributed by atoms with Crippen LogP contribution in [0.15, 0.2) is 18.2 Å². The predicted octanol–water partition coefficient (Wildman–Crippen LogP) is 4.19. The molecule has 3 rings (SSSR count). The van der Waals surface area contributed by atoms with Crippen LogP contribution in [-0.2, 0) is 4.74 Å². The van der Waals surface area contributed by atoms with Gasteiger partial charge in [0.15, 0.2) is 0 Å². The van der Waals surface area contributed by atoms with Crippen LogP contribution in [-0.4, -0.2) is 42.8 Å². The molecule has 1 saturated carbocycles. The Morgan fingerprint density at radius 1 is 1.20 bits per heavy atom. The van der Waals surface area contributed by atoms with E-state index >= 15 is 0 Å². The lowest BCUT2D eigenvalue weighted by atomic mass is 9.90. The van der Waals surface area contributed by atoms with Gasteiger partial charge in [-0.1, -0.05) is 13.0 Å². The average molecular weight is 346 g/mol. The van der Waals surface area contributed by atoms with Gasteiger partial charge in [-0.2, -0.15) is 0 Å². The van der Waals surface area contributed by atoms with E-state index in [1.165, 1.54) is 57.2 Å². The van der Waals surface area contributed by atoms with Crippen molar-refractivity contribution < 1.29 is 4.74 Å². The van der Waals surface area contributed by atoms with Crippen LogP contribution < -0.4 is 11.1 Å². The minimum absolute atomic E-state index is 0.488. The topological polar surface area (TPSA) is 50.5 Å². The van der Waals surface area contributed by atoms with Gasteiger partial charge in [-0.3, -0.25) is 0 Å². The summed E-state index contributed by atoms with van der Waals surface area (Å²) in [7, 11) is 0. The molecule has 0 bridgehead atoms. The minimum Gasteiger partial charge on any atom is -0.397 e. The van der Waals surface area contributed by atoms with Crippen LogP contribution in [0.25, 0.3) is 0 Å². The van der Waals surface area contributed by atoms with E-state index in [1.54, 1.807) is 0 Å². The Bertz CT molecular complexity index is 540. The standard InChI is InChI=1S/C21H35N3O/c1-3-13-25-19-6-4-5-18(15-19)24-11-9-17(10-12-24)23-21-14-16(2)7-8-20(21)22/h7-8,14,17-19,23H,3-6,9-13,15,22H2,1-2H3. The van der Waals surface area contributed by atoms with E-state index in [0.717, 1.165) is 30.4 Å². The van der Waals surface area contributed by atoms with Gasteiger partial charge in [0.2, 0.25) is 0 Å². The molecule has 25 heavy (non-hydrogen) atoms. The number of ether oxygens (including phenoxy) is 1. The number of nitrogens with zero attached hydrogens (tertiary/aromatic N) is 1. The largest absolute Gasteiger partial charge is 0.397 e. The van der Waals surface area contributed by atoms with Crippen LogP contribution in [0, 0.1) is 6.92 Å². The van der Waals surface area contributed by atoms with Crippen LogP contribution in [0.3, 0.4) is 0 Å². The summed E-state index contributed by atoms with van der Waals surface area (Å²) in [5, 5.41) is 3.67. The van der Waals surface area contributed by atoms with E-state index in [0.29, 0.717) is 12.1 Å². The lowest BCUT2D eigenvalue weighted by molar-refractivity contribution is -0.00514. The second-order valence-electron chi connectivity index (χ2n) is 7.86. The first-order valence-electron chi connectivity index (χ1n) is 10.1. The molecule has 2 aliphatic rings. The third-order valence-corrected chi connectivity index (χ3v) is 5.77. The van der Waals surface area contributed by atoms with Gasteiger partial charge in [-0.05, 0) is 69.6 Å². The van der Waals surface area contributed by atoms with Crippen molar-refractivity contribution >= 4 is 11.4 Å². The molecule has 0 spiro atoms. The molecule has 1 saturated heterocycles. The number of piperidine rings is 1. The zero-order chi connectivity index (χ0) is 17.6. The summed E-state index contributed by atoms with van der Waals surface area (Å²) in [4.78, 5) is 2.71. The van der Waals surface area contributed by atoms with Gasteiger partial charge in [-0.25, -0.2) is 0 Å². The Balaban J connectivity index is 1.47. The van der Waals surface area contributed by atoms with Crippen molar-refractivity contribution in [2.75, 3.05) is 30.7 Å². The molecule has 0 radical (unpaired) electrons. The molecule has 1 aliphatic carbocycles.